The van der Waals surface area contributed by atoms with Crippen LogP contribution in [0.3, 0.4) is 0 Å². The van der Waals surface area contributed by atoms with E-state index in [-0.39, 0.29) is 6.10 Å². The molecule has 1 saturated carbocycles. The normalized spacial score (nSPS) is 18.2. The highest BCUT2D eigenvalue weighted by atomic mass is 16.5. The van der Waals surface area contributed by atoms with Crippen molar-refractivity contribution in [3.8, 4) is 11.3 Å². The average Bonchev–Trinajstić information content (AvgIpc) is 3.35. The van der Waals surface area contributed by atoms with Gasteiger partial charge in [0.2, 0.25) is 5.95 Å². The van der Waals surface area contributed by atoms with E-state index < -0.39 is 0 Å². The molecule has 4 heterocycles. The van der Waals surface area contributed by atoms with Crippen LogP contribution in [0.5, 0.6) is 0 Å². The summed E-state index contributed by atoms with van der Waals surface area (Å²) in [6, 6.07) is 6.35. The number of fused-ring (bicyclic) bond motifs is 2. The zero-order valence-corrected chi connectivity index (χ0v) is 19.2. The third-order valence-corrected chi connectivity index (χ3v) is 6.06. The van der Waals surface area contributed by atoms with Crippen LogP contribution in [-0.2, 0) is 20.8 Å². The highest BCUT2D eigenvalue weighted by Gasteiger charge is 2.30. The Morgan fingerprint density at radius 3 is 2.73 bits per heavy atom. The van der Waals surface area contributed by atoms with Gasteiger partial charge in [0.25, 0.3) is 0 Å². The van der Waals surface area contributed by atoms with Gasteiger partial charge in [-0.15, -0.1) is 5.10 Å². The maximum absolute atomic E-state index is 5.74. The molecule has 5 rings (SSSR count). The van der Waals surface area contributed by atoms with E-state index in [0.29, 0.717) is 38.4 Å². The molecule has 0 saturated heterocycles. The molecule has 0 aliphatic heterocycles. The van der Waals surface area contributed by atoms with Crippen LogP contribution in [0.15, 0.2) is 30.6 Å². The Morgan fingerprint density at radius 1 is 1.06 bits per heavy atom. The van der Waals surface area contributed by atoms with Gasteiger partial charge in [0.05, 0.1) is 43.3 Å². The summed E-state index contributed by atoms with van der Waals surface area (Å²) in [7, 11) is 3.38. The Morgan fingerprint density at radius 2 is 1.91 bits per heavy atom. The van der Waals surface area contributed by atoms with Gasteiger partial charge in [-0.1, -0.05) is 0 Å². The highest BCUT2D eigenvalue weighted by molar-refractivity contribution is 5.82. The fourth-order valence-electron chi connectivity index (χ4n) is 4.20. The molecule has 1 aliphatic rings. The van der Waals surface area contributed by atoms with Crippen molar-refractivity contribution in [2.45, 2.75) is 38.5 Å². The molecule has 174 valence electrons. The molecule has 10 nitrogen and oxygen atoms in total. The molecule has 0 radical (unpaired) electrons. The Hall–Kier alpha value is -3.08. The second-order valence-electron chi connectivity index (χ2n) is 8.28. The SMILES string of the molecule is COCCO[C@H]1C[C@@H](Nc2ncc3c(-c4ccc5nc(C)n(CCOC)c5n4)ccn3n2)C1. The van der Waals surface area contributed by atoms with Gasteiger partial charge in [0.1, 0.15) is 11.3 Å². The molecule has 1 fully saturated rings. The van der Waals surface area contributed by atoms with E-state index in [1.807, 2.05) is 42.0 Å². The minimum atomic E-state index is 0.279. The number of ether oxygens (including phenoxy) is 3. The van der Waals surface area contributed by atoms with Gasteiger partial charge in [0, 0.05) is 38.6 Å². The van der Waals surface area contributed by atoms with Gasteiger partial charge >= 0.3 is 0 Å². The standard InChI is InChI=1S/C23H29N7O3/c1-15-25-20-5-4-19(27-22(20)29(15)8-9-31-2)18-6-7-30-21(18)14-24-23(28-30)26-16-12-17(13-16)33-11-10-32-3/h4-7,14,16-17H,8-13H2,1-3H3,(H,26,28)/t16-,17+. The van der Waals surface area contributed by atoms with Crippen LogP contribution in [0.4, 0.5) is 5.95 Å². The van der Waals surface area contributed by atoms with Crippen molar-refractivity contribution in [1.29, 1.82) is 0 Å². The smallest absolute Gasteiger partial charge is 0.241 e. The summed E-state index contributed by atoms with van der Waals surface area (Å²) in [6.45, 7) is 4.57. The van der Waals surface area contributed by atoms with E-state index in [4.69, 9.17) is 19.2 Å². The quantitative estimate of drug-likeness (QED) is 0.367. The van der Waals surface area contributed by atoms with Crippen molar-refractivity contribution in [3.63, 3.8) is 0 Å². The first-order valence-electron chi connectivity index (χ1n) is 11.2. The average molecular weight is 452 g/mol. The molecule has 1 N–H and O–H groups in total. The first-order valence-corrected chi connectivity index (χ1v) is 11.2. The lowest BCUT2D eigenvalue weighted by Crippen LogP contribution is -2.41. The number of hydrogen-bond donors (Lipinski definition) is 1. The lowest BCUT2D eigenvalue weighted by molar-refractivity contribution is -0.0261. The van der Waals surface area contributed by atoms with Crippen molar-refractivity contribution in [3.05, 3.63) is 36.4 Å². The maximum Gasteiger partial charge on any atom is 0.241 e. The molecule has 0 spiro atoms. The number of nitrogens with zero attached hydrogens (tertiary/aromatic N) is 6. The van der Waals surface area contributed by atoms with E-state index in [1.54, 1.807) is 14.2 Å². The molecule has 0 amide bonds. The fraction of sp³-hybridized carbons (Fsp3) is 0.478. The van der Waals surface area contributed by atoms with Crippen molar-refractivity contribution in [2.24, 2.45) is 0 Å². The van der Waals surface area contributed by atoms with Gasteiger partial charge in [-0.25, -0.2) is 19.5 Å². The molecular formula is C23H29N7O3. The molecule has 0 atom stereocenters. The topological polar surface area (TPSA) is 101 Å². The third-order valence-electron chi connectivity index (χ3n) is 6.06. The summed E-state index contributed by atoms with van der Waals surface area (Å²) in [5.41, 5.74) is 4.48. The summed E-state index contributed by atoms with van der Waals surface area (Å²) in [5, 5.41) is 8.04. The second-order valence-corrected chi connectivity index (χ2v) is 8.28. The molecule has 33 heavy (non-hydrogen) atoms. The van der Waals surface area contributed by atoms with Crippen molar-refractivity contribution < 1.29 is 14.2 Å². The molecular weight excluding hydrogens is 422 g/mol. The summed E-state index contributed by atoms with van der Waals surface area (Å²) in [4.78, 5) is 14.1. The van der Waals surface area contributed by atoms with E-state index in [0.717, 1.165) is 46.6 Å². The van der Waals surface area contributed by atoms with Crippen LogP contribution in [0.1, 0.15) is 18.7 Å². The zero-order valence-electron chi connectivity index (χ0n) is 19.2. The maximum atomic E-state index is 5.74. The van der Waals surface area contributed by atoms with Crippen LogP contribution in [0, 0.1) is 6.92 Å². The number of pyridine rings is 1. The largest absolute Gasteiger partial charge is 0.383 e. The Labute approximate surface area is 191 Å². The molecule has 4 aromatic rings. The van der Waals surface area contributed by atoms with Crippen LogP contribution in [0.25, 0.3) is 27.9 Å². The number of imidazole rings is 1. The summed E-state index contributed by atoms with van der Waals surface area (Å²) < 4.78 is 19.9. The van der Waals surface area contributed by atoms with Gasteiger partial charge in [-0.05, 0) is 38.0 Å². The number of rotatable bonds is 10. The summed E-state index contributed by atoms with van der Waals surface area (Å²) >= 11 is 0. The third kappa shape index (κ3) is 4.41. The number of methoxy groups -OCH3 is 2. The van der Waals surface area contributed by atoms with E-state index in [1.165, 1.54) is 0 Å². The molecule has 4 aromatic heterocycles. The van der Waals surface area contributed by atoms with E-state index in [9.17, 15) is 0 Å². The van der Waals surface area contributed by atoms with E-state index in [2.05, 4.69) is 25.0 Å². The van der Waals surface area contributed by atoms with Gasteiger partial charge in [-0.2, -0.15) is 0 Å². The van der Waals surface area contributed by atoms with Crippen LogP contribution < -0.4 is 5.32 Å². The van der Waals surface area contributed by atoms with Gasteiger partial charge in [-0.3, -0.25) is 0 Å². The number of nitrogens with one attached hydrogen (secondary N) is 1. The zero-order chi connectivity index (χ0) is 22.8. The monoisotopic (exact) mass is 451 g/mol. The molecule has 0 aromatic carbocycles. The van der Waals surface area contributed by atoms with Crippen LogP contribution in [-0.4, -0.2) is 75.3 Å². The minimum absolute atomic E-state index is 0.279. The Bertz CT molecular complexity index is 1250. The molecule has 0 unspecified atom stereocenters. The number of aromatic nitrogens is 6. The van der Waals surface area contributed by atoms with Crippen molar-refractivity contribution in [2.75, 3.05) is 39.4 Å². The number of aryl methyl sites for hydroxylation is 1. The van der Waals surface area contributed by atoms with Crippen LogP contribution >= 0.6 is 0 Å². The molecule has 10 heteroatoms. The van der Waals surface area contributed by atoms with Crippen molar-refractivity contribution >= 4 is 22.6 Å². The second kappa shape index (κ2) is 9.42. The number of hydrogen-bond acceptors (Lipinski definition) is 8. The fourth-order valence-corrected chi connectivity index (χ4v) is 4.20. The first-order chi connectivity index (χ1) is 16.2. The van der Waals surface area contributed by atoms with Gasteiger partial charge < -0.3 is 24.1 Å². The van der Waals surface area contributed by atoms with Gasteiger partial charge in [0.15, 0.2) is 5.65 Å². The van der Waals surface area contributed by atoms with E-state index >= 15 is 0 Å². The Balaban J connectivity index is 1.32. The minimum Gasteiger partial charge on any atom is -0.383 e. The molecule has 1 aliphatic carbocycles. The summed E-state index contributed by atoms with van der Waals surface area (Å²) in [5.74, 6) is 1.54. The summed E-state index contributed by atoms with van der Waals surface area (Å²) in [6.07, 6.45) is 5.95. The molecule has 0 bridgehead atoms. The highest BCUT2D eigenvalue weighted by Crippen LogP contribution is 2.28. The lowest BCUT2D eigenvalue weighted by Gasteiger charge is -2.35. The lowest BCUT2D eigenvalue weighted by atomic mass is 9.89. The first kappa shape index (κ1) is 21.7. The predicted molar refractivity (Wildman–Crippen MR) is 124 cm³/mol. The van der Waals surface area contributed by atoms with Crippen LogP contribution in [0.2, 0.25) is 0 Å². The predicted octanol–water partition coefficient (Wildman–Crippen LogP) is 2.70. The number of anilines is 1. The van der Waals surface area contributed by atoms with Crippen molar-refractivity contribution in [1.82, 2.24) is 29.1 Å². The Kier molecular flexibility index (Phi) is 6.21.